The molecule has 0 radical (unpaired) electrons. The van der Waals surface area contributed by atoms with Gasteiger partial charge in [-0.15, -0.1) is 0 Å². The molecule has 0 amide bonds. The van der Waals surface area contributed by atoms with Gasteiger partial charge in [-0.1, -0.05) is 22.9 Å². The van der Waals surface area contributed by atoms with Gasteiger partial charge in [-0.25, -0.2) is 0 Å². The molecule has 0 saturated carbocycles. The number of hydrogen-bond donors (Lipinski definition) is 2. The molecule has 0 aromatic heterocycles. The van der Waals surface area contributed by atoms with Crippen LogP contribution in [-0.4, -0.2) is 17.5 Å². The van der Waals surface area contributed by atoms with Crippen molar-refractivity contribution in [3.8, 4) is 0 Å². The topological polar surface area (TPSA) is 38.0 Å². The molecule has 0 aromatic carbocycles. The van der Waals surface area contributed by atoms with Gasteiger partial charge in [0.2, 0.25) is 0 Å². The minimum atomic E-state index is 0.131. The summed E-state index contributed by atoms with van der Waals surface area (Å²) in [5.41, 5.74) is 5.54. The third kappa shape index (κ3) is 1.04. The molecule has 0 spiro atoms. The van der Waals surface area contributed by atoms with E-state index in [0.29, 0.717) is 6.04 Å². The second-order valence-electron chi connectivity index (χ2n) is 2.36. The second kappa shape index (κ2) is 2.33. The average Bonchev–Trinajstić information content (AvgIpc) is 1.61. The summed E-state index contributed by atoms with van der Waals surface area (Å²) in [6.07, 6.45) is 0. The normalized spacial score (nSPS) is 40.9. The molecule has 1 unspecified atom stereocenters. The van der Waals surface area contributed by atoms with E-state index < -0.39 is 0 Å². The number of alkyl halides is 1. The van der Waals surface area contributed by atoms with E-state index in [-0.39, 0.29) is 4.95 Å². The minimum Gasteiger partial charge on any atom is -0.318 e. The highest BCUT2D eigenvalue weighted by molar-refractivity contribution is 9.09. The molecule has 8 heavy (non-hydrogen) atoms. The van der Waals surface area contributed by atoms with Crippen LogP contribution in [0.5, 0.6) is 0 Å². The van der Waals surface area contributed by atoms with Crippen molar-refractivity contribution in [2.75, 3.05) is 6.54 Å². The lowest BCUT2D eigenvalue weighted by Gasteiger charge is -2.37. The van der Waals surface area contributed by atoms with Crippen LogP contribution >= 0.6 is 15.9 Å². The zero-order chi connectivity index (χ0) is 6.15. The Bertz CT molecular complexity index is 79.7. The Hall–Kier alpha value is 0.400. The Morgan fingerprint density at radius 2 is 2.50 bits per heavy atom. The third-order valence-electron chi connectivity index (χ3n) is 1.63. The standard InChI is InChI=1S/C5H11BrN2/c1-3-2-8-4(3)5(6)7/h3-5,8H,2,7H2,1H3/t3?,4-,5+/m0/s1. The van der Waals surface area contributed by atoms with Gasteiger partial charge in [-0.3, -0.25) is 0 Å². The summed E-state index contributed by atoms with van der Waals surface area (Å²) in [7, 11) is 0. The largest absolute Gasteiger partial charge is 0.318 e. The number of hydrogen-bond acceptors (Lipinski definition) is 2. The van der Waals surface area contributed by atoms with Gasteiger partial charge >= 0.3 is 0 Å². The van der Waals surface area contributed by atoms with E-state index in [2.05, 4.69) is 28.2 Å². The van der Waals surface area contributed by atoms with Crippen LogP contribution in [0.1, 0.15) is 6.92 Å². The van der Waals surface area contributed by atoms with Crippen molar-refractivity contribution in [2.24, 2.45) is 11.7 Å². The summed E-state index contributed by atoms with van der Waals surface area (Å²) in [5, 5.41) is 3.22. The SMILES string of the molecule is CC1CN[C@@H]1[C@@H](N)Br. The molecule has 3 N–H and O–H groups in total. The first kappa shape index (κ1) is 6.52. The molecule has 1 fully saturated rings. The van der Waals surface area contributed by atoms with E-state index >= 15 is 0 Å². The predicted molar refractivity (Wildman–Crippen MR) is 37.9 cm³/mol. The van der Waals surface area contributed by atoms with E-state index in [1.807, 2.05) is 0 Å². The van der Waals surface area contributed by atoms with Crippen LogP contribution < -0.4 is 11.1 Å². The van der Waals surface area contributed by atoms with E-state index in [0.717, 1.165) is 12.5 Å². The lowest BCUT2D eigenvalue weighted by atomic mass is 9.94. The van der Waals surface area contributed by atoms with Gasteiger partial charge in [-0.05, 0) is 12.5 Å². The number of rotatable bonds is 1. The van der Waals surface area contributed by atoms with Gasteiger partial charge in [0.05, 0.1) is 4.95 Å². The first-order chi connectivity index (χ1) is 3.72. The van der Waals surface area contributed by atoms with Crippen LogP contribution in [0.3, 0.4) is 0 Å². The predicted octanol–water partition coefficient (Wildman–Crippen LogP) is 0.274. The number of nitrogens with one attached hydrogen (secondary N) is 1. The maximum atomic E-state index is 5.54. The van der Waals surface area contributed by atoms with E-state index in [1.54, 1.807) is 0 Å². The van der Waals surface area contributed by atoms with E-state index in [1.165, 1.54) is 0 Å². The summed E-state index contributed by atoms with van der Waals surface area (Å²) < 4.78 is 0. The molecule has 0 aromatic rings. The monoisotopic (exact) mass is 178 g/mol. The van der Waals surface area contributed by atoms with Crippen LogP contribution in [0.2, 0.25) is 0 Å². The number of nitrogens with two attached hydrogens (primary N) is 1. The first-order valence-corrected chi connectivity index (χ1v) is 3.76. The molecule has 1 aliphatic rings. The second-order valence-corrected chi connectivity index (χ2v) is 3.41. The fraction of sp³-hybridized carbons (Fsp3) is 1.00. The van der Waals surface area contributed by atoms with Crippen molar-refractivity contribution < 1.29 is 0 Å². The Labute approximate surface area is 58.0 Å². The Morgan fingerprint density at radius 3 is 2.50 bits per heavy atom. The molecule has 0 aliphatic carbocycles. The molecule has 3 heteroatoms. The molecular weight excluding hydrogens is 168 g/mol. The smallest absolute Gasteiger partial charge is 0.0764 e. The van der Waals surface area contributed by atoms with Crippen molar-refractivity contribution in [1.29, 1.82) is 0 Å². The van der Waals surface area contributed by atoms with Crippen LogP contribution in [0.15, 0.2) is 0 Å². The number of halogens is 1. The summed E-state index contributed by atoms with van der Waals surface area (Å²) in [6.45, 7) is 3.31. The molecule has 0 bridgehead atoms. The fourth-order valence-corrected chi connectivity index (χ4v) is 1.62. The lowest BCUT2D eigenvalue weighted by Crippen LogP contribution is -2.58. The molecule has 48 valence electrons. The Balaban J connectivity index is 2.26. The van der Waals surface area contributed by atoms with E-state index in [9.17, 15) is 0 Å². The van der Waals surface area contributed by atoms with Crippen LogP contribution in [0, 0.1) is 5.92 Å². The Kier molecular flexibility index (Phi) is 1.90. The Morgan fingerprint density at radius 1 is 1.88 bits per heavy atom. The summed E-state index contributed by atoms with van der Waals surface area (Å²) in [6, 6.07) is 0.495. The maximum Gasteiger partial charge on any atom is 0.0764 e. The molecular formula is C5H11BrN2. The maximum absolute atomic E-state index is 5.54. The summed E-state index contributed by atoms with van der Waals surface area (Å²) in [4.78, 5) is 0.131. The van der Waals surface area contributed by atoms with Gasteiger partial charge in [0, 0.05) is 6.04 Å². The van der Waals surface area contributed by atoms with Gasteiger partial charge < -0.3 is 11.1 Å². The van der Waals surface area contributed by atoms with Crippen LogP contribution in [0.4, 0.5) is 0 Å². The molecule has 1 heterocycles. The van der Waals surface area contributed by atoms with Crippen molar-refractivity contribution in [3.05, 3.63) is 0 Å². The summed E-state index contributed by atoms with van der Waals surface area (Å²) >= 11 is 3.31. The van der Waals surface area contributed by atoms with Crippen molar-refractivity contribution in [3.63, 3.8) is 0 Å². The fourth-order valence-electron chi connectivity index (χ4n) is 0.916. The zero-order valence-electron chi connectivity index (χ0n) is 4.89. The van der Waals surface area contributed by atoms with Crippen molar-refractivity contribution in [2.45, 2.75) is 17.9 Å². The highest BCUT2D eigenvalue weighted by atomic mass is 79.9. The molecule has 3 atom stereocenters. The van der Waals surface area contributed by atoms with Gasteiger partial charge in [0.1, 0.15) is 0 Å². The van der Waals surface area contributed by atoms with Gasteiger partial charge in [0.25, 0.3) is 0 Å². The summed E-state index contributed by atoms with van der Waals surface area (Å²) in [5.74, 6) is 0.740. The molecule has 1 rings (SSSR count). The third-order valence-corrected chi connectivity index (χ3v) is 2.20. The van der Waals surface area contributed by atoms with Gasteiger partial charge in [-0.2, -0.15) is 0 Å². The highest BCUT2D eigenvalue weighted by Crippen LogP contribution is 2.16. The molecule has 2 nitrogen and oxygen atoms in total. The van der Waals surface area contributed by atoms with Crippen LogP contribution in [0.25, 0.3) is 0 Å². The molecule has 1 saturated heterocycles. The quantitative estimate of drug-likeness (QED) is 0.448. The van der Waals surface area contributed by atoms with Crippen LogP contribution in [-0.2, 0) is 0 Å². The van der Waals surface area contributed by atoms with Crippen molar-refractivity contribution in [1.82, 2.24) is 5.32 Å². The van der Waals surface area contributed by atoms with Crippen molar-refractivity contribution >= 4 is 15.9 Å². The zero-order valence-corrected chi connectivity index (χ0v) is 6.48. The molecule has 1 aliphatic heterocycles. The highest BCUT2D eigenvalue weighted by Gasteiger charge is 2.29. The minimum absolute atomic E-state index is 0.131. The van der Waals surface area contributed by atoms with E-state index in [4.69, 9.17) is 5.73 Å². The van der Waals surface area contributed by atoms with Gasteiger partial charge in [0.15, 0.2) is 0 Å². The average molecular weight is 179 g/mol. The first-order valence-electron chi connectivity index (χ1n) is 2.85. The lowest BCUT2D eigenvalue weighted by molar-refractivity contribution is 0.251.